The lowest BCUT2D eigenvalue weighted by atomic mass is 10.0. The summed E-state index contributed by atoms with van der Waals surface area (Å²) < 4.78 is 11.3. The summed E-state index contributed by atoms with van der Waals surface area (Å²) in [5.74, 6) is -2.06. The van der Waals surface area contributed by atoms with Crippen molar-refractivity contribution in [2.75, 3.05) is 21.2 Å². The first-order chi connectivity index (χ1) is 24.2. The average Bonchev–Trinajstić information content (AvgIpc) is 3.39. The van der Waals surface area contributed by atoms with Gasteiger partial charge in [-0.15, -0.1) is 0 Å². The SMILES string of the molecule is COC1=CC(=O)N(C(=O)C=CC(C)NC(=O)C(CC(C)C)NC(=O)C(CC(C)C)OC(=O)C(Cc2ccccc2)N(C)C)C1Cc1ccccc1. The second kappa shape index (κ2) is 19.6. The molecule has 2 aromatic carbocycles. The van der Waals surface area contributed by atoms with E-state index in [-0.39, 0.29) is 18.3 Å². The second-order valence-corrected chi connectivity index (χ2v) is 14.1. The summed E-state index contributed by atoms with van der Waals surface area (Å²) in [7, 11) is 5.04. The molecule has 5 unspecified atom stereocenters. The first-order valence-electron chi connectivity index (χ1n) is 17.6. The van der Waals surface area contributed by atoms with Crippen LogP contribution in [-0.2, 0) is 46.3 Å². The van der Waals surface area contributed by atoms with Crippen LogP contribution in [0.15, 0.2) is 84.7 Å². The Balaban J connectivity index is 1.68. The number of hydrogen-bond acceptors (Lipinski definition) is 8. The van der Waals surface area contributed by atoms with Crippen molar-refractivity contribution in [2.45, 2.75) is 90.6 Å². The van der Waals surface area contributed by atoms with Gasteiger partial charge in [0.25, 0.3) is 17.7 Å². The van der Waals surface area contributed by atoms with Crippen LogP contribution in [-0.4, -0.2) is 90.9 Å². The van der Waals surface area contributed by atoms with E-state index in [1.165, 1.54) is 25.3 Å². The van der Waals surface area contributed by atoms with Crippen LogP contribution in [0.4, 0.5) is 0 Å². The van der Waals surface area contributed by atoms with E-state index in [2.05, 4.69) is 10.6 Å². The Morgan fingerprint density at radius 3 is 1.98 bits per heavy atom. The van der Waals surface area contributed by atoms with Gasteiger partial charge in [0.15, 0.2) is 6.10 Å². The van der Waals surface area contributed by atoms with Gasteiger partial charge in [-0.1, -0.05) is 94.4 Å². The summed E-state index contributed by atoms with van der Waals surface area (Å²) >= 11 is 0. The Morgan fingerprint density at radius 2 is 1.43 bits per heavy atom. The molecule has 4 amide bonds. The highest BCUT2D eigenvalue weighted by Gasteiger charge is 2.38. The molecule has 0 aliphatic carbocycles. The molecule has 0 spiro atoms. The van der Waals surface area contributed by atoms with Gasteiger partial charge in [-0.05, 0) is 63.2 Å². The van der Waals surface area contributed by atoms with Gasteiger partial charge in [0.05, 0.1) is 7.11 Å². The molecular weight excluding hydrogens is 648 g/mol. The maximum absolute atomic E-state index is 13.7. The molecule has 2 N–H and O–H groups in total. The molecule has 0 fully saturated rings. The molecule has 0 bridgehead atoms. The number of carbonyl (C=O) groups is 5. The van der Waals surface area contributed by atoms with E-state index in [0.717, 1.165) is 16.0 Å². The summed E-state index contributed by atoms with van der Waals surface area (Å²) in [6, 6.07) is 16.3. The molecule has 276 valence electrons. The molecule has 0 saturated carbocycles. The summed E-state index contributed by atoms with van der Waals surface area (Å²) in [5, 5.41) is 5.68. The molecule has 0 radical (unpaired) electrons. The van der Waals surface area contributed by atoms with Crippen molar-refractivity contribution < 1.29 is 33.4 Å². The Labute approximate surface area is 302 Å². The van der Waals surface area contributed by atoms with Crippen molar-refractivity contribution in [1.29, 1.82) is 0 Å². The zero-order valence-electron chi connectivity index (χ0n) is 31.1. The first kappa shape index (κ1) is 40.7. The molecule has 1 aliphatic heterocycles. The highest BCUT2D eigenvalue weighted by atomic mass is 16.5. The van der Waals surface area contributed by atoms with Gasteiger partial charge in [-0.25, -0.2) is 0 Å². The fourth-order valence-corrected chi connectivity index (χ4v) is 5.87. The van der Waals surface area contributed by atoms with E-state index in [1.54, 1.807) is 25.9 Å². The average molecular weight is 703 g/mol. The van der Waals surface area contributed by atoms with E-state index in [4.69, 9.17) is 9.47 Å². The normalized spacial score (nSPS) is 16.9. The summed E-state index contributed by atoms with van der Waals surface area (Å²) in [6.45, 7) is 9.43. The molecule has 0 aromatic heterocycles. The lowest BCUT2D eigenvalue weighted by Gasteiger charge is -2.28. The van der Waals surface area contributed by atoms with Gasteiger partial charge in [0.1, 0.15) is 23.9 Å². The lowest BCUT2D eigenvalue weighted by molar-refractivity contribution is -0.161. The van der Waals surface area contributed by atoms with E-state index in [1.807, 2.05) is 88.4 Å². The van der Waals surface area contributed by atoms with E-state index >= 15 is 0 Å². The zero-order chi connectivity index (χ0) is 37.7. The Morgan fingerprint density at radius 1 is 0.843 bits per heavy atom. The second-order valence-electron chi connectivity index (χ2n) is 14.1. The van der Waals surface area contributed by atoms with Crippen LogP contribution in [0.5, 0.6) is 0 Å². The Hall–Kier alpha value is -4.77. The molecule has 11 nitrogen and oxygen atoms in total. The van der Waals surface area contributed by atoms with E-state index in [9.17, 15) is 24.0 Å². The molecule has 5 atom stereocenters. The van der Waals surface area contributed by atoms with Gasteiger partial charge in [0.2, 0.25) is 5.91 Å². The van der Waals surface area contributed by atoms with Crippen LogP contribution in [0.2, 0.25) is 0 Å². The minimum atomic E-state index is -1.10. The number of hydrogen-bond donors (Lipinski definition) is 2. The monoisotopic (exact) mass is 702 g/mol. The number of esters is 1. The predicted molar refractivity (Wildman–Crippen MR) is 196 cm³/mol. The van der Waals surface area contributed by atoms with E-state index < -0.39 is 59.9 Å². The molecule has 51 heavy (non-hydrogen) atoms. The highest BCUT2D eigenvalue weighted by molar-refractivity contribution is 6.07. The van der Waals surface area contributed by atoms with Crippen LogP contribution < -0.4 is 10.6 Å². The molecule has 3 rings (SSSR count). The van der Waals surface area contributed by atoms with Crippen LogP contribution >= 0.6 is 0 Å². The van der Waals surface area contributed by atoms with Crippen LogP contribution in [0.3, 0.4) is 0 Å². The fourth-order valence-electron chi connectivity index (χ4n) is 5.87. The number of imide groups is 1. The number of benzene rings is 2. The highest BCUT2D eigenvalue weighted by Crippen LogP contribution is 2.24. The lowest BCUT2D eigenvalue weighted by Crippen LogP contribution is -2.53. The molecule has 1 heterocycles. The summed E-state index contributed by atoms with van der Waals surface area (Å²) in [5.41, 5.74) is 1.91. The van der Waals surface area contributed by atoms with Crippen molar-refractivity contribution in [3.8, 4) is 0 Å². The number of ether oxygens (including phenoxy) is 2. The number of nitrogens with zero attached hydrogens (tertiary/aromatic N) is 2. The third kappa shape index (κ3) is 12.5. The number of rotatable bonds is 18. The number of carbonyl (C=O) groups excluding carboxylic acids is 5. The van der Waals surface area contributed by atoms with Gasteiger partial charge in [0, 0.05) is 24.6 Å². The van der Waals surface area contributed by atoms with Crippen molar-refractivity contribution in [1.82, 2.24) is 20.4 Å². The molecule has 1 aliphatic rings. The number of amides is 4. The first-order valence-corrected chi connectivity index (χ1v) is 17.6. The van der Waals surface area contributed by atoms with Crippen molar-refractivity contribution in [3.63, 3.8) is 0 Å². The topological polar surface area (TPSA) is 134 Å². The molecule has 11 heteroatoms. The van der Waals surface area contributed by atoms with Crippen LogP contribution in [0, 0.1) is 11.8 Å². The molecular formula is C40H54N4O7. The van der Waals surface area contributed by atoms with Gasteiger partial charge >= 0.3 is 5.97 Å². The summed E-state index contributed by atoms with van der Waals surface area (Å²) in [6.07, 6.45) is 4.40. The minimum absolute atomic E-state index is 0.0329. The largest absolute Gasteiger partial charge is 0.499 e. The Bertz CT molecular complexity index is 1540. The molecule has 2 aromatic rings. The third-order valence-electron chi connectivity index (χ3n) is 8.53. The number of methoxy groups -OCH3 is 1. The number of nitrogens with one attached hydrogen (secondary N) is 2. The maximum atomic E-state index is 13.7. The van der Waals surface area contributed by atoms with Crippen LogP contribution in [0.25, 0.3) is 0 Å². The summed E-state index contributed by atoms with van der Waals surface area (Å²) in [4.78, 5) is 69.6. The van der Waals surface area contributed by atoms with Crippen molar-refractivity contribution >= 4 is 29.6 Å². The van der Waals surface area contributed by atoms with Gasteiger partial charge in [-0.3, -0.25) is 33.8 Å². The maximum Gasteiger partial charge on any atom is 0.324 e. The third-order valence-corrected chi connectivity index (χ3v) is 8.53. The minimum Gasteiger partial charge on any atom is -0.499 e. The van der Waals surface area contributed by atoms with Crippen molar-refractivity contribution in [3.05, 3.63) is 95.8 Å². The van der Waals surface area contributed by atoms with Gasteiger partial charge in [-0.2, -0.15) is 0 Å². The number of likely N-dealkylation sites (N-methyl/N-ethyl adjacent to an activating group) is 1. The zero-order valence-corrected chi connectivity index (χ0v) is 31.1. The predicted octanol–water partition coefficient (Wildman–Crippen LogP) is 4.22. The van der Waals surface area contributed by atoms with Crippen LogP contribution in [0.1, 0.15) is 58.6 Å². The fraction of sp³-hybridized carbons (Fsp3) is 0.475. The Kier molecular flexibility index (Phi) is 15.6. The van der Waals surface area contributed by atoms with Gasteiger partial charge < -0.3 is 20.1 Å². The molecule has 0 saturated heterocycles. The smallest absolute Gasteiger partial charge is 0.324 e. The standard InChI is InChI=1S/C40H54N4O7/c1-26(2)21-31(42-39(48)35(22-27(3)4)51-40(49)33(43(6)7)24-30-17-13-10-14-18-30)38(47)41-28(5)19-20-36(45)44-32(34(50-8)25-37(44)46)23-29-15-11-9-12-16-29/h9-20,25-28,31-33,35H,21-24H2,1-8H3,(H,41,47)(H,42,48). The quantitative estimate of drug-likeness (QED) is 0.174. The van der Waals surface area contributed by atoms with Crippen molar-refractivity contribution in [2.24, 2.45) is 11.8 Å². The van der Waals surface area contributed by atoms with E-state index in [0.29, 0.717) is 25.0 Å².